The number of nitrogens with one attached hydrogen (secondary N) is 3. The molecule has 0 amide bonds. The third kappa shape index (κ3) is 1.68. The summed E-state index contributed by atoms with van der Waals surface area (Å²) in [6, 6.07) is 0.132. The molecule has 3 N–H and O–H groups in total. The van der Waals surface area contributed by atoms with Crippen molar-refractivity contribution in [3.63, 3.8) is 0 Å². The van der Waals surface area contributed by atoms with E-state index in [0.717, 1.165) is 19.4 Å². The number of hydrogen-bond donors (Lipinski definition) is 3. The van der Waals surface area contributed by atoms with Crippen molar-refractivity contribution in [3.05, 3.63) is 0 Å². The summed E-state index contributed by atoms with van der Waals surface area (Å²) in [4.78, 5) is 4.80. The molecule has 0 aromatic carbocycles. The van der Waals surface area contributed by atoms with Crippen molar-refractivity contribution in [2.75, 3.05) is 13.6 Å². The SMILES string of the molecule is CNOC(=N)[C@@H]1CCCN1. The van der Waals surface area contributed by atoms with Crippen LogP contribution in [0.25, 0.3) is 0 Å². The fourth-order valence-electron chi connectivity index (χ4n) is 1.09. The van der Waals surface area contributed by atoms with Gasteiger partial charge in [-0.2, -0.15) is 5.48 Å². The van der Waals surface area contributed by atoms with Crippen LogP contribution in [0.2, 0.25) is 0 Å². The maximum atomic E-state index is 7.34. The van der Waals surface area contributed by atoms with E-state index < -0.39 is 0 Å². The molecule has 0 unspecified atom stereocenters. The lowest BCUT2D eigenvalue weighted by Crippen LogP contribution is -2.34. The molecule has 1 atom stereocenters. The van der Waals surface area contributed by atoms with Crippen molar-refractivity contribution in [1.29, 1.82) is 5.41 Å². The van der Waals surface area contributed by atoms with Crippen LogP contribution in [0.3, 0.4) is 0 Å². The predicted octanol–water partition coefficient (Wildman–Crippen LogP) is -0.133. The van der Waals surface area contributed by atoms with Crippen molar-refractivity contribution < 1.29 is 4.84 Å². The first-order valence-corrected chi connectivity index (χ1v) is 3.50. The average molecular weight is 143 g/mol. The van der Waals surface area contributed by atoms with E-state index in [1.807, 2.05) is 0 Å². The minimum atomic E-state index is 0.132. The molecule has 0 radical (unpaired) electrons. The Bertz CT molecular complexity index is 120. The van der Waals surface area contributed by atoms with Gasteiger partial charge in [0.15, 0.2) is 0 Å². The van der Waals surface area contributed by atoms with Crippen LogP contribution in [-0.4, -0.2) is 25.5 Å². The van der Waals surface area contributed by atoms with Gasteiger partial charge in [0.05, 0.1) is 6.04 Å². The van der Waals surface area contributed by atoms with Crippen molar-refractivity contribution in [2.45, 2.75) is 18.9 Å². The molecule has 0 spiro atoms. The van der Waals surface area contributed by atoms with Crippen LogP contribution in [0.4, 0.5) is 0 Å². The van der Waals surface area contributed by atoms with Gasteiger partial charge in [-0.15, -0.1) is 0 Å². The number of hydroxylamine groups is 1. The lowest BCUT2D eigenvalue weighted by Gasteiger charge is -2.10. The van der Waals surface area contributed by atoms with E-state index in [9.17, 15) is 0 Å². The molecule has 1 aliphatic rings. The van der Waals surface area contributed by atoms with Gasteiger partial charge in [0.1, 0.15) is 0 Å². The summed E-state index contributed by atoms with van der Waals surface area (Å²) in [6.45, 7) is 1.00. The van der Waals surface area contributed by atoms with Gasteiger partial charge in [0.25, 0.3) is 0 Å². The summed E-state index contributed by atoms with van der Waals surface area (Å²) in [7, 11) is 1.66. The Morgan fingerprint density at radius 3 is 3.10 bits per heavy atom. The zero-order valence-corrected chi connectivity index (χ0v) is 6.11. The van der Waals surface area contributed by atoms with E-state index in [1.54, 1.807) is 7.05 Å². The summed E-state index contributed by atoms with van der Waals surface area (Å²) in [5.41, 5.74) is 2.48. The molecule has 1 aliphatic heterocycles. The fraction of sp³-hybridized carbons (Fsp3) is 0.833. The molecule has 10 heavy (non-hydrogen) atoms. The van der Waals surface area contributed by atoms with Crippen LogP contribution in [0.5, 0.6) is 0 Å². The maximum absolute atomic E-state index is 7.34. The van der Waals surface area contributed by atoms with Gasteiger partial charge in [-0.1, -0.05) is 0 Å². The molecule has 1 rings (SSSR count). The first-order valence-electron chi connectivity index (χ1n) is 3.50. The van der Waals surface area contributed by atoms with E-state index in [4.69, 9.17) is 10.2 Å². The molecule has 0 aliphatic carbocycles. The highest BCUT2D eigenvalue weighted by Gasteiger charge is 2.19. The second-order valence-corrected chi connectivity index (χ2v) is 2.32. The second-order valence-electron chi connectivity index (χ2n) is 2.32. The van der Waals surface area contributed by atoms with E-state index in [2.05, 4.69) is 10.8 Å². The zero-order chi connectivity index (χ0) is 7.40. The van der Waals surface area contributed by atoms with Crippen molar-refractivity contribution in [2.24, 2.45) is 0 Å². The van der Waals surface area contributed by atoms with Crippen molar-refractivity contribution in [1.82, 2.24) is 10.8 Å². The largest absolute Gasteiger partial charge is 0.392 e. The summed E-state index contributed by atoms with van der Waals surface area (Å²) in [5.74, 6) is 0.292. The Kier molecular flexibility index (Phi) is 2.65. The van der Waals surface area contributed by atoms with Crippen LogP contribution < -0.4 is 10.8 Å². The van der Waals surface area contributed by atoms with Gasteiger partial charge in [0, 0.05) is 7.05 Å². The third-order valence-corrected chi connectivity index (χ3v) is 1.59. The van der Waals surface area contributed by atoms with Crippen LogP contribution in [-0.2, 0) is 4.84 Å². The van der Waals surface area contributed by atoms with Crippen LogP contribution in [0, 0.1) is 5.41 Å². The van der Waals surface area contributed by atoms with Crippen molar-refractivity contribution >= 4 is 5.90 Å². The molecule has 1 fully saturated rings. The van der Waals surface area contributed by atoms with Crippen LogP contribution in [0.15, 0.2) is 0 Å². The van der Waals surface area contributed by atoms with Crippen LogP contribution in [0.1, 0.15) is 12.8 Å². The van der Waals surface area contributed by atoms with E-state index >= 15 is 0 Å². The summed E-state index contributed by atoms with van der Waals surface area (Å²) >= 11 is 0. The second kappa shape index (κ2) is 3.53. The molecule has 1 heterocycles. The Labute approximate surface area is 60.4 Å². The highest BCUT2D eigenvalue weighted by Crippen LogP contribution is 2.05. The normalized spacial score (nSPS) is 24.7. The zero-order valence-electron chi connectivity index (χ0n) is 6.11. The van der Waals surface area contributed by atoms with E-state index in [1.165, 1.54) is 0 Å². The molecule has 1 saturated heterocycles. The average Bonchev–Trinajstić information content (AvgIpc) is 2.38. The Hall–Kier alpha value is -0.610. The highest BCUT2D eigenvalue weighted by molar-refractivity contribution is 5.78. The molecule has 4 heteroatoms. The fourth-order valence-corrected chi connectivity index (χ4v) is 1.09. The molecule has 0 bridgehead atoms. The predicted molar refractivity (Wildman–Crippen MR) is 38.9 cm³/mol. The van der Waals surface area contributed by atoms with Gasteiger partial charge < -0.3 is 10.2 Å². The lowest BCUT2D eigenvalue weighted by atomic mass is 10.2. The van der Waals surface area contributed by atoms with E-state index in [-0.39, 0.29) is 6.04 Å². The number of rotatable bonds is 2. The topological polar surface area (TPSA) is 57.1 Å². The van der Waals surface area contributed by atoms with Gasteiger partial charge >= 0.3 is 0 Å². The Morgan fingerprint density at radius 2 is 2.60 bits per heavy atom. The summed E-state index contributed by atoms with van der Waals surface area (Å²) in [5, 5.41) is 10.5. The smallest absolute Gasteiger partial charge is 0.223 e. The summed E-state index contributed by atoms with van der Waals surface area (Å²) < 4.78 is 0. The van der Waals surface area contributed by atoms with Gasteiger partial charge in [-0.25, -0.2) is 0 Å². The number of hydrogen-bond acceptors (Lipinski definition) is 4. The molecule has 4 nitrogen and oxygen atoms in total. The summed E-state index contributed by atoms with van der Waals surface area (Å²) in [6.07, 6.45) is 2.15. The molecule has 0 aromatic heterocycles. The molecule has 0 aromatic rings. The van der Waals surface area contributed by atoms with E-state index in [0.29, 0.717) is 5.90 Å². The quantitative estimate of drug-likeness (QED) is 0.286. The van der Waals surface area contributed by atoms with Gasteiger partial charge in [0.2, 0.25) is 5.90 Å². The van der Waals surface area contributed by atoms with Crippen LogP contribution >= 0.6 is 0 Å². The third-order valence-electron chi connectivity index (χ3n) is 1.59. The highest BCUT2D eigenvalue weighted by atomic mass is 16.7. The van der Waals surface area contributed by atoms with Gasteiger partial charge in [-0.3, -0.25) is 5.41 Å². The Balaban J connectivity index is 2.25. The van der Waals surface area contributed by atoms with Crippen molar-refractivity contribution in [3.8, 4) is 0 Å². The minimum absolute atomic E-state index is 0.132. The minimum Gasteiger partial charge on any atom is -0.392 e. The first-order chi connectivity index (χ1) is 4.84. The molecular weight excluding hydrogens is 130 g/mol. The molecular formula is C6H13N3O. The molecule has 58 valence electrons. The monoisotopic (exact) mass is 143 g/mol. The first kappa shape index (κ1) is 7.50. The standard InChI is InChI=1S/C6H13N3O/c1-8-10-6(7)5-3-2-4-9-5/h5,7-9H,2-4H2,1H3/t5-/m0/s1. The maximum Gasteiger partial charge on any atom is 0.223 e. The Morgan fingerprint density at radius 1 is 1.80 bits per heavy atom. The van der Waals surface area contributed by atoms with Gasteiger partial charge in [-0.05, 0) is 19.4 Å². The lowest BCUT2D eigenvalue weighted by molar-refractivity contribution is 0.194. The molecule has 0 saturated carbocycles.